The molecule has 0 saturated carbocycles. The normalized spacial score (nSPS) is 12.0. The lowest BCUT2D eigenvalue weighted by molar-refractivity contribution is 0.271. The van der Waals surface area contributed by atoms with E-state index in [1.54, 1.807) is 14.2 Å². The van der Waals surface area contributed by atoms with Crippen molar-refractivity contribution in [3.8, 4) is 17.2 Å². The van der Waals surface area contributed by atoms with Gasteiger partial charge in [-0.2, -0.15) is 0 Å². The van der Waals surface area contributed by atoms with Gasteiger partial charge < -0.3 is 14.2 Å². The Bertz CT molecular complexity index is 277. The number of alkyl halides is 1. The summed E-state index contributed by atoms with van der Waals surface area (Å²) in [5, 5.41) is -0.0901. The van der Waals surface area contributed by atoms with E-state index in [2.05, 4.69) is 15.9 Å². The average molecular weight is 261 g/mol. The average Bonchev–Trinajstić information content (AvgIpc) is 2.17. The summed E-state index contributed by atoms with van der Waals surface area (Å²) in [6.45, 7) is 1.88. The lowest BCUT2D eigenvalue weighted by atomic mass is 10.3. The molecule has 0 saturated heterocycles. The second-order valence-corrected chi connectivity index (χ2v) is 3.94. The number of ether oxygens (including phenoxy) is 3. The molecule has 0 fully saturated rings. The standard InChI is InChI=1S/C10H13BrO3/c1-7(11)14-10-8(12-2)5-4-6-9(10)13-3/h4-7H,1-3H3. The smallest absolute Gasteiger partial charge is 0.204 e. The number of benzene rings is 1. The van der Waals surface area contributed by atoms with Gasteiger partial charge >= 0.3 is 0 Å². The summed E-state index contributed by atoms with van der Waals surface area (Å²) >= 11 is 3.30. The van der Waals surface area contributed by atoms with Gasteiger partial charge in [-0.15, -0.1) is 0 Å². The molecule has 14 heavy (non-hydrogen) atoms. The molecule has 0 aromatic heterocycles. The molecular weight excluding hydrogens is 248 g/mol. The largest absolute Gasteiger partial charge is 0.493 e. The molecule has 0 spiro atoms. The molecule has 0 bridgehead atoms. The minimum atomic E-state index is -0.0901. The molecule has 1 aromatic carbocycles. The molecule has 1 unspecified atom stereocenters. The fraction of sp³-hybridized carbons (Fsp3) is 0.400. The number of halogens is 1. The van der Waals surface area contributed by atoms with Crippen LogP contribution in [0.2, 0.25) is 0 Å². The van der Waals surface area contributed by atoms with Gasteiger partial charge in [0.2, 0.25) is 5.75 Å². The van der Waals surface area contributed by atoms with E-state index < -0.39 is 0 Å². The first-order chi connectivity index (χ1) is 6.69. The maximum absolute atomic E-state index is 5.52. The molecule has 3 nitrogen and oxygen atoms in total. The maximum Gasteiger partial charge on any atom is 0.204 e. The van der Waals surface area contributed by atoms with E-state index in [0.29, 0.717) is 17.2 Å². The third kappa shape index (κ3) is 2.54. The number of hydrogen-bond donors (Lipinski definition) is 0. The highest BCUT2D eigenvalue weighted by molar-refractivity contribution is 9.09. The van der Waals surface area contributed by atoms with Crippen molar-refractivity contribution in [2.75, 3.05) is 14.2 Å². The first kappa shape index (κ1) is 11.2. The van der Waals surface area contributed by atoms with E-state index in [4.69, 9.17) is 14.2 Å². The summed E-state index contributed by atoms with van der Waals surface area (Å²) in [5.74, 6) is 1.94. The van der Waals surface area contributed by atoms with E-state index in [1.807, 2.05) is 25.1 Å². The van der Waals surface area contributed by atoms with Crippen LogP contribution in [-0.2, 0) is 0 Å². The first-order valence-electron chi connectivity index (χ1n) is 4.20. The number of para-hydroxylation sites is 1. The van der Waals surface area contributed by atoms with Crippen molar-refractivity contribution in [2.24, 2.45) is 0 Å². The highest BCUT2D eigenvalue weighted by Crippen LogP contribution is 2.37. The predicted molar refractivity (Wildman–Crippen MR) is 58.6 cm³/mol. The van der Waals surface area contributed by atoms with Crippen molar-refractivity contribution in [3.63, 3.8) is 0 Å². The van der Waals surface area contributed by atoms with Crippen molar-refractivity contribution < 1.29 is 14.2 Å². The van der Waals surface area contributed by atoms with Crippen LogP contribution < -0.4 is 14.2 Å². The summed E-state index contributed by atoms with van der Waals surface area (Å²) in [5.41, 5.74) is 0. The molecular formula is C10H13BrO3. The molecule has 0 N–H and O–H groups in total. The van der Waals surface area contributed by atoms with Gasteiger partial charge in [0.25, 0.3) is 0 Å². The van der Waals surface area contributed by atoms with Crippen molar-refractivity contribution in [3.05, 3.63) is 18.2 Å². The second kappa shape index (κ2) is 5.10. The zero-order chi connectivity index (χ0) is 10.6. The van der Waals surface area contributed by atoms with Gasteiger partial charge in [-0.05, 0) is 35.0 Å². The number of rotatable bonds is 4. The van der Waals surface area contributed by atoms with Crippen LogP contribution in [0.5, 0.6) is 17.2 Å². The lowest BCUT2D eigenvalue weighted by Gasteiger charge is -2.15. The Morgan fingerprint density at radius 1 is 1.14 bits per heavy atom. The Morgan fingerprint density at radius 2 is 1.64 bits per heavy atom. The molecule has 1 atom stereocenters. The van der Waals surface area contributed by atoms with Crippen LogP contribution in [-0.4, -0.2) is 19.2 Å². The van der Waals surface area contributed by atoms with Crippen LogP contribution in [0.25, 0.3) is 0 Å². The van der Waals surface area contributed by atoms with Crippen LogP contribution in [0.15, 0.2) is 18.2 Å². The zero-order valence-corrected chi connectivity index (χ0v) is 10.00. The second-order valence-electron chi connectivity index (χ2n) is 2.65. The Morgan fingerprint density at radius 3 is 2.00 bits per heavy atom. The van der Waals surface area contributed by atoms with E-state index in [-0.39, 0.29) is 5.01 Å². The molecule has 0 radical (unpaired) electrons. The molecule has 0 heterocycles. The van der Waals surface area contributed by atoms with Gasteiger partial charge in [0.05, 0.1) is 14.2 Å². The number of hydrogen-bond acceptors (Lipinski definition) is 3. The molecule has 0 aliphatic heterocycles. The molecule has 0 amide bonds. The molecule has 1 aromatic rings. The van der Waals surface area contributed by atoms with E-state index in [9.17, 15) is 0 Å². The van der Waals surface area contributed by atoms with Crippen LogP contribution in [0.4, 0.5) is 0 Å². The van der Waals surface area contributed by atoms with Gasteiger partial charge in [-0.3, -0.25) is 0 Å². The van der Waals surface area contributed by atoms with Gasteiger partial charge in [-0.25, -0.2) is 0 Å². The highest BCUT2D eigenvalue weighted by atomic mass is 79.9. The predicted octanol–water partition coefficient (Wildman–Crippen LogP) is 2.82. The van der Waals surface area contributed by atoms with Gasteiger partial charge in [0.1, 0.15) is 0 Å². The molecule has 1 rings (SSSR count). The van der Waals surface area contributed by atoms with Crippen molar-refractivity contribution in [1.82, 2.24) is 0 Å². The highest BCUT2D eigenvalue weighted by Gasteiger charge is 2.12. The topological polar surface area (TPSA) is 27.7 Å². The number of methoxy groups -OCH3 is 2. The van der Waals surface area contributed by atoms with E-state index in [0.717, 1.165) is 0 Å². The van der Waals surface area contributed by atoms with Crippen LogP contribution >= 0.6 is 15.9 Å². The fourth-order valence-corrected chi connectivity index (χ4v) is 1.28. The summed E-state index contributed by atoms with van der Waals surface area (Å²) in [6, 6.07) is 5.50. The van der Waals surface area contributed by atoms with Crippen molar-refractivity contribution >= 4 is 15.9 Å². The summed E-state index contributed by atoms with van der Waals surface area (Å²) in [6.07, 6.45) is 0. The Balaban J connectivity index is 3.05. The fourth-order valence-electron chi connectivity index (χ4n) is 1.10. The Hall–Kier alpha value is -0.900. The van der Waals surface area contributed by atoms with E-state index >= 15 is 0 Å². The SMILES string of the molecule is COc1cccc(OC)c1OC(C)Br. The maximum atomic E-state index is 5.52. The van der Waals surface area contributed by atoms with Gasteiger partial charge in [0.15, 0.2) is 16.5 Å². The Labute approximate surface area is 92.1 Å². The van der Waals surface area contributed by atoms with Crippen molar-refractivity contribution in [1.29, 1.82) is 0 Å². The third-order valence-corrected chi connectivity index (χ3v) is 1.85. The summed E-state index contributed by atoms with van der Waals surface area (Å²) < 4.78 is 15.9. The lowest BCUT2D eigenvalue weighted by Crippen LogP contribution is -2.04. The molecule has 0 aliphatic rings. The minimum Gasteiger partial charge on any atom is -0.493 e. The van der Waals surface area contributed by atoms with Crippen molar-refractivity contribution in [2.45, 2.75) is 11.9 Å². The zero-order valence-electron chi connectivity index (χ0n) is 8.41. The molecule has 78 valence electrons. The molecule has 0 aliphatic carbocycles. The van der Waals surface area contributed by atoms with Crippen LogP contribution in [0, 0.1) is 0 Å². The molecule has 4 heteroatoms. The minimum absolute atomic E-state index is 0.0901. The first-order valence-corrected chi connectivity index (χ1v) is 5.12. The van der Waals surface area contributed by atoms with Gasteiger partial charge in [-0.1, -0.05) is 6.07 Å². The van der Waals surface area contributed by atoms with Crippen LogP contribution in [0.3, 0.4) is 0 Å². The van der Waals surface area contributed by atoms with E-state index in [1.165, 1.54) is 0 Å². The third-order valence-electron chi connectivity index (χ3n) is 1.66. The van der Waals surface area contributed by atoms with Gasteiger partial charge in [0, 0.05) is 0 Å². The van der Waals surface area contributed by atoms with Crippen LogP contribution in [0.1, 0.15) is 6.92 Å². The summed E-state index contributed by atoms with van der Waals surface area (Å²) in [4.78, 5) is 0. The quantitative estimate of drug-likeness (QED) is 0.780. The monoisotopic (exact) mass is 260 g/mol. The summed E-state index contributed by atoms with van der Waals surface area (Å²) in [7, 11) is 3.20. The Kier molecular flexibility index (Phi) is 4.07.